The molecule has 0 aliphatic carbocycles. The summed E-state index contributed by atoms with van der Waals surface area (Å²) in [5.74, 6) is 1.23. The largest absolute Gasteiger partial charge is 0.396 e. The Balaban J connectivity index is 2.88. The Morgan fingerprint density at radius 1 is 1.33 bits per heavy atom. The maximum absolute atomic E-state index is 8.91. The van der Waals surface area contributed by atoms with Gasteiger partial charge in [0.05, 0.1) is 0 Å². The molecule has 0 saturated carbocycles. The van der Waals surface area contributed by atoms with Crippen molar-refractivity contribution in [3.63, 3.8) is 0 Å². The molecule has 1 aromatic rings. The van der Waals surface area contributed by atoms with Crippen LogP contribution < -0.4 is 10.2 Å². The van der Waals surface area contributed by atoms with E-state index >= 15 is 0 Å². The fraction of sp³-hybridized carbons (Fsp3) is 0.727. The first kappa shape index (κ1) is 15.0. The van der Waals surface area contributed by atoms with Crippen molar-refractivity contribution in [1.29, 1.82) is 0 Å². The van der Waals surface area contributed by atoms with Gasteiger partial charge in [-0.25, -0.2) is 0 Å². The minimum atomic E-state index is 0.180. The van der Waals surface area contributed by atoms with E-state index < -0.39 is 0 Å². The molecular formula is C11H21N5OS. The highest BCUT2D eigenvalue weighted by Crippen LogP contribution is 2.23. The van der Waals surface area contributed by atoms with Crippen molar-refractivity contribution in [2.75, 3.05) is 37.5 Å². The fourth-order valence-corrected chi connectivity index (χ4v) is 2.11. The SMILES string of the molecule is CCNc1nc(SC(C)CCO)nc(N(C)C)n1. The molecule has 0 radical (unpaired) electrons. The summed E-state index contributed by atoms with van der Waals surface area (Å²) in [6.45, 7) is 5.00. The van der Waals surface area contributed by atoms with Gasteiger partial charge < -0.3 is 15.3 Å². The van der Waals surface area contributed by atoms with E-state index in [4.69, 9.17) is 5.11 Å². The Labute approximate surface area is 112 Å². The van der Waals surface area contributed by atoms with Crippen LogP contribution >= 0.6 is 11.8 Å². The average Bonchev–Trinajstić information content (AvgIpc) is 2.29. The third-order valence-electron chi connectivity index (χ3n) is 2.18. The zero-order chi connectivity index (χ0) is 13.5. The van der Waals surface area contributed by atoms with Gasteiger partial charge in [-0.05, 0) is 13.3 Å². The summed E-state index contributed by atoms with van der Waals surface area (Å²) in [7, 11) is 3.80. The molecule has 1 unspecified atom stereocenters. The molecule has 1 heterocycles. The molecule has 2 N–H and O–H groups in total. The lowest BCUT2D eigenvalue weighted by atomic mass is 10.4. The van der Waals surface area contributed by atoms with Gasteiger partial charge in [0.15, 0.2) is 5.16 Å². The number of rotatable bonds is 7. The van der Waals surface area contributed by atoms with Gasteiger partial charge >= 0.3 is 0 Å². The summed E-state index contributed by atoms with van der Waals surface area (Å²) in [4.78, 5) is 14.9. The minimum absolute atomic E-state index is 0.180. The number of aromatic nitrogens is 3. The Morgan fingerprint density at radius 2 is 2.06 bits per heavy atom. The molecule has 0 amide bonds. The van der Waals surface area contributed by atoms with Gasteiger partial charge in [0.2, 0.25) is 11.9 Å². The van der Waals surface area contributed by atoms with Gasteiger partial charge in [0, 0.05) is 32.5 Å². The van der Waals surface area contributed by atoms with Gasteiger partial charge in [-0.15, -0.1) is 0 Å². The highest BCUT2D eigenvalue weighted by Gasteiger charge is 2.11. The maximum Gasteiger partial charge on any atom is 0.230 e. The van der Waals surface area contributed by atoms with Crippen molar-refractivity contribution < 1.29 is 5.11 Å². The van der Waals surface area contributed by atoms with Crippen LogP contribution in [0.3, 0.4) is 0 Å². The van der Waals surface area contributed by atoms with Crippen molar-refractivity contribution in [2.45, 2.75) is 30.7 Å². The zero-order valence-electron chi connectivity index (χ0n) is 11.3. The Hall–Kier alpha value is -1.08. The molecule has 0 aliphatic rings. The van der Waals surface area contributed by atoms with Crippen LogP contribution in [0.1, 0.15) is 20.3 Å². The number of nitrogens with one attached hydrogen (secondary N) is 1. The molecule has 0 fully saturated rings. The summed E-state index contributed by atoms with van der Waals surface area (Å²) in [6.07, 6.45) is 0.726. The van der Waals surface area contributed by atoms with E-state index in [9.17, 15) is 0 Å². The first-order valence-corrected chi connectivity index (χ1v) is 6.89. The van der Waals surface area contributed by atoms with Crippen LogP contribution in [0.2, 0.25) is 0 Å². The van der Waals surface area contributed by atoms with Crippen molar-refractivity contribution in [3.8, 4) is 0 Å². The lowest BCUT2D eigenvalue weighted by Crippen LogP contribution is -2.16. The van der Waals surface area contributed by atoms with Crippen LogP contribution in [0, 0.1) is 0 Å². The second kappa shape index (κ2) is 7.38. The topological polar surface area (TPSA) is 74.2 Å². The van der Waals surface area contributed by atoms with Crippen LogP contribution in [0.25, 0.3) is 0 Å². The summed E-state index contributed by atoms with van der Waals surface area (Å²) in [6, 6.07) is 0. The molecule has 7 heteroatoms. The quantitative estimate of drug-likeness (QED) is 0.722. The smallest absolute Gasteiger partial charge is 0.230 e. The lowest BCUT2D eigenvalue weighted by Gasteiger charge is -2.14. The molecule has 102 valence electrons. The van der Waals surface area contributed by atoms with Gasteiger partial charge in [0.1, 0.15) is 0 Å². The Bertz CT molecular complexity index is 374. The van der Waals surface area contributed by atoms with Gasteiger partial charge in [0.25, 0.3) is 0 Å². The van der Waals surface area contributed by atoms with E-state index in [0.29, 0.717) is 17.1 Å². The molecule has 0 saturated heterocycles. The second-order valence-electron chi connectivity index (χ2n) is 4.11. The molecule has 18 heavy (non-hydrogen) atoms. The molecule has 0 bridgehead atoms. The van der Waals surface area contributed by atoms with Gasteiger partial charge in [-0.1, -0.05) is 18.7 Å². The highest BCUT2D eigenvalue weighted by atomic mass is 32.2. The van der Waals surface area contributed by atoms with Crippen LogP contribution in [-0.2, 0) is 0 Å². The van der Waals surface area contributed by atoms with E-state index in [1.165, 1.54) is 0 Å². The third-order valence-corrected chi connectivity index (χ3v) is 3.21. The third kappa shape index (κ3) is 4.66. The predicted molar refractivity (Wildman–Crippen MR) is 75.3 cm³/mol. The van der Waals surface area contributed by atoms with Crippen LogP contribution in [0.5, 0.6) is 0 Å². The second-order valence-corrected chi connectivity index (χ2v) is 5.51. The normalized spacial score (nSPS) is 12.3. The predicted octanol–water partition coefficient (Wildman–Crippen LogP) is 1.23. The van der Waals surface area contributed by atoms with Crippen molar-refractivity contribution >= 4 is 23.7 Å². The average molecular weight is 271 g/mol. The summed E-state index contributed by atoms with van der Waals surface area (Å²) < 4.78 is 0. The Morgan fingerprint density at radius 3 is 2.61 bits per heavy atom. The molecule has 0 spiro atoms. The van der Waals surface area contributed by atoms with E-state index in [1.54, 1.807) is 11.8 Å². The fourth-order valence-electron chi connectivity index (χ4n) is 1.26. The first-order valence-electron chi connectivity index (χ1n) is 6.01. The number of nitrogens with zero attached hydrogens (tertiary/aromatic N) is 4. The van der Waals surface area contributed by atoms with E-state index in [0.717, 1.165) is 13.0 Å². The molecule has 1 aromatic heterocycles. The van der Waals surface area contributed by atoms with E-state index in [1.807, 2.05) is 32.8 Å². The zero-order valence-corrected chi connectivity index (χ0v) is 12.2. The molecule has 6 nitrogen and oxygen atoms in total. The minimum Gasteiger partial charge on any atom is -0.396 e. The van der Waals surface area contributed by atoms with Gasteiger partial charge in [-0.3, -0.25) is 0 Å². The van der Waals surface area contributed by atoms with Crippen molar-refractivity contribution in [3.05, 3.63) is 0 Å². The summed E-state index contributed by atoms with van der Waals surface area (Å²) >= 11 is 1.55. The van der Waals surface area contributed by atoms with Crippen LogP contribution in [0.15, 0.2) is 5.16 Å². The maximum atomic E-state index is 8.91. The highest BCUT2D eigenvalue weighted by molar-refractivity contribution is 7.99. The van der Waals surface area contributed by atoms with Gasteiger partial charge in [-0.2, -0.15) is 15.0 Å². The van der Waals surface area contributed by atoms with Crippen LogP contribution in [-0.4, -0.2) is 52.6 Å². The number of anilines is 2. The van der Waals surface area contributed by atoms with E-state index in [-0.39, 0.29) is 11.9 Å². The number of hydrogen-bond donors (Lipinski definition) is 2. The monoisotopic (exact) mass is 271 g/mol. The number of thioether (sulfide) groups is 1. The molecule has 1 atom stereocenters. The lowest BCUT2D eigenvalue weighted by molar-refractivity contribution is 0.289. The molecule has 0 aliphatic heterocycles. The van der Waals surface area contributed by atoms with Crippen LogP contribution in [0.4, 0.5) is 11.9 Å². The Kier molecular flexibility index (Phi) is 6.14. The molecule has 1 rings (SSSR count). The van der Waals surface area contributed by atoms with Crippen molar-refractivity contribution in [2.24, 2.45) is 0 Å². The summed E-state index contributed by atoms with van der Waals surface area (Å²) in [5, 5.41) is 13.0. The number of aliphatic hydroxyl groups excluding tert-OH is 1. The number of aliphatic hydroxyl groups is 1. The molecule has 0 aromatic carbocycles. The van der Waals surface area contributed by atoms with Crippen molar-refractivity contribution in [1.82, 2.24) is 15.0 Å². The summed E-state index contributed by atoms with van der Waals surface area (Å²) in [5.41, 5.74) is 0. The standard InChI is InChI=1S/C11H21N5OS/c1-5-12-9-13-10(16(3)4)15-11(14-9)18-8(2)6-7-17/h8,17H,5-7H2,1-4H3,(H,12,13,14,15). The van der Waals surface area contributed by atoms with E-state index in [2.05, 4.69) is 20.3 Å². The first-order chi connectivity index (χ1) is 8.56. The number of hydrogen-bond acceptors (Lipinski definition) is 7. The molecular weight excluding hydrogens is 250 g/mol.